The Morgan fingerprint density at radius 3 is 2.42 bits per heavy atom. The van der Waals surface area contributed by atoms with Crippen LogP contribution in [0, 0.1) is 5.41 Å². The molecule has 0 bridgehead atoms. The van der Waals surface area contributed by atoms with Crippen molar-refractivity contribution in [2.24, 2.45) is 5.41 Å². The summed E-state index contributed by atoms with van der Waals surface area (Å²) < 4.78 is 0. The van der Waals surface area contributed by atoms with Crippen molar-refractivity contribution in [3.63, 3.8) is 0 Å². The molecular weight excluding hydrogens is 148 g/mol. The zero-order valence-corrected chi connectivity index (χ0v) is 8.45. The van der Waals surface area contributed by atoms with E-state index in [1.54, 1.807) is 0 Å². The lowest BCUT2D eigenvalue weighted by atomic mass is 9.67. The Morgan fingerprint density at radius 1 is 1.25 bits per heavy atom. The van der Waals surface area contributed by atoms with Crippen LogP contribution in [0.5, 0.6) is 0 Å². The van der Waals surface area contributed by atoms with E-state index >= 15 is 0 Å². The van der Waals surface area contributed by atoms with Crippen LogP contribution in [0.1, 0.15) is 32.6 Å². The zero-order chi connectivity index (χ0) is 8.86. The van der Waals surface area contributed by atoms with E-state index in [2.05, 4.69) is 17.6 Å². The van der Waals surface area contributed by atoms with Gasteiger partial charge in [0, 0.05) is 19.6 Å². The molecule has 0 aromatic heterocycles. The second kappa shape index (κ2) is 4.83. The molecule has 2 nitrogen and oxygen atoms in total. The molecule has 1 saturated carbocycles. The average Bonchev–Trinajstić information content (AvgIpc) is 2.02. The highest BCUT2D eigenvalue weighted by atomic mass is 14.9. The molecule has 12 heavy (non-hydrogen) atoms. The first-order valence-electron chi connectivity index (χ1n) is 5.18. The van der Waals surface area contributed by atoms with E-state index in [9.17, 15) is 0 Å². The van der Waals surface area contributed by atoms with Gasteiger partial charge in [0.15, 0.2) is 0 Å². The molecule has 2 N–H and O–H groups in total. The van der Waals surface area contributed by atoms with Crippen molar-refractivity contribution in [3.05, 3.63) is 0 Å². The van der Waals surface area contributed by atoms with Crippen LogP contribution in [-0.2, 0) is 0 Å². The van der Waals surface area contributed by atoms with E-state index in [0.29, 0.717) is 5.41 Å². The van der Waals surface area contributed by atoms with E-state index in [1.807, 2.05) is 7.05 Å². The minimum atomic E-state index is 0.674. The van der Waals surface area contributed by atoms with Crippen LogP contribution < -0.4 is 10.6 Å². The molecule has 72 valence electrons. The van der Waals surface area contributed by atoms with E-state index in [4.69, 9.17) is 0 Å². The van der Waals surface area contributed by atoms with Gasteiger partial charge in [-0.05, 0) is 31.7 Å². The maximum absolute atomic E-state index is 3.52. The maximum Gasteiger partial charge on any atom is 0.00768 e. The topological polar surface area (TPSA) is 24.1 Å². The van der Waals surface area contributed by atoms with Gasteiger partial charge in [0.05, 0.1) is 0 Å². The van der Waals surface area contributed by atoms with Crippen LogP contribution >= 0.6 is 0 Å². The van der Waals surface area contributed by atoms with Crippen LogP contribution in [0.15, 0.2) is 0 Å². The molecule has 1 aliphatic rings. The fourth-order valence-corrected chi connectivity index (χ4v) is 1.90. The molecule has 0 aromatic carbocycles. The molecule has 1 aliphatic carbocycles. The SMILES string of the molecule is CCC1(CNCCNC)CCC1. The van der Waals surface area contributed by atoms with E-state index in [0.717, 1.165) is 13.1 Å². The van der Waals surface area contributed by atoms with Crippen LogP contribution in [0.2, 0.25) is 0 Å². The Labute approximate surface area is 76.1 Å². The number of rotatable bonds is 6. The van der Waals surface area contributed by atoms with E-state index in [1.165, 1.54) is 32.2 Å². The number of nitrogens with one attached hydrogen (secondary N) is 2. The highest BCUT2D eigenvalue weighted by Gasteiger charge is 2.34. The molecule has 0 atom stereocenters. The summed E-state index contributed by atoms with van der Waals surface area (Å²) in [6, 6.07) is 0. The fraction of sp³-hybridized carbons (Fsp3) is 1.00. The average molecular weight is 170 g/mol. The van der Waals surface area contributed by atoms with Crippen molar-refractivity contribution in [2.75, 3.05) is 26.7 Å². The highest BCUT2D eigenvalue weighted by molar-refractivity contribution is 4.88. The highest BCUT2D eigenvalue weighted by Crippen LogP contribution is 2.42. The molecule has 0 saturated heterocycles. The van der Waals surface area contributed by atoms with Gasteiger partial charge in [-0.1, -0.05) is 13.3 Å². The standard InChI is InChI=1S/C10H22N2/c1-3-10(5-4-6-10)9-12-8-7-11-2/h11-12H,3-9H2,1-2H3. The van der Waals surface area contributed by atoms with Crippen molar-refractivity contribution in [1.82, 2.24) is 10.6 Å². The van der Waals surface area contributed by atoms with Gasteiger partial charge in [0.1, 0.15) is 0 Å². The normalized spacial score (nSPS) is 20.5. The molecule has 2 heteroatoms. The largest absolute Gasteiger partial charge is 0.318 e. The zero-order valence-electron chi connectivity index (χ0n) is 8.45. The molecule has 1 rings (SSSR count). The van der Waals surface area contributed by atoms with Gasteiger partial charge in [-0.3, -0.25) is 0 Å². The predicted molar refractivity (Wildman–Crippen MR) is 53.4 cm³/mol. The summed E-state index contributed by atoms with van der Waals surface area (Å²) in [5.41, 5.74) is 0.674. The molecule has 0 aliphatic heterocycles. The van der Waals surface area contributed by atoms with Crippen LogP contribution in [-0.4, -0.2) is 26.7 Å². The summed E-state index contributed by atoms with van der Waals surface area (Å²) in [6.45, 7) is 5.74. The molecule has 0 radical (unpaired) electrons. The van der Waals surface area contributed by atoms with Crippen molar-refractivity contribution in [1.29, 1.82) is 0 Å². The van der Waals surface area contributed by atoms with Gasteiger partial charge < -0.3 is 10.6 Å². The monoisotopic (exact) mass is 170 g/mol. The summed E-state index contributed by atoms with van der Waals surface area (Å²) in [7, 11) is 2.00. The summed E-state index contributed by atoms with van der Waals surface area (Å²) in [6.07, 6.45) is 5.67. The third kappa shape index (κ3) is 2.46. The lowest BCUT2D eigenvalue weighted by Gasteiger charge is -2.41. The molecule has 0 aromatic rings. The van der Waals surface area contributed by atoms with E-state index in [-0.39, 0.29) is 0 Å². The number of likely N-dealkylation sites (N-methyl/N-ethyl adjacent to an activating group) is 1. The molecule has 0 unspecified atom stereocenters. The van der Waals surface area contributed by atoms with Crippen molar-refractivity contribution >= 4 is 0 Å². The van der Waals surface area contributed by atoms with Crippen molar-refractivity contribution in [3.8, 4) is 0 Å². The van der Waals surface area contributed by atoms with Crippen LogP contribution in [0.25, 0.3) is 0 Å². The summed E-state index contributed by atoms with van der Waals surface area (Å²) in [4.78, 5) is 0. The smallest absolute Gasteiger partial charge is 0.00768 e. The lowest BCUT2D eigenvalue weighted by molar-refractivity contribution is 0.124. The van der Waals surface area contributed by atoms with Crippen molar-refractivity contribution in [2.45, 2.75) is 32.6 Å². The van der Waals surface area contributed by atoms with Gasteiger partial charge in [0.2, 0.25) is 0 Å². The van der Waals surface area contributed by atoms with Gasteiger partial charge >= 0.3 is 0 Å². The van der Waals surface area contributed by atoms with Gasteiger partial charge in [0.25, 0.3) is 0 Å². The number of hydrogen-bond acceptors (Lipinski definition) is 2. The molecule has 0 spiro atoms. The second-order valence-corrected chi connectivity index (χ2v) is 3.99. The maximum atomic E-state index is 3.52. The Hall–Kier alpha value is -0.0800. The van der Waals surface area contributed by atoms with E-state index < -0.39 is 0 Å². The molecule has 1 fully saturated rings. The molecule has 0 heterocycles. The summed E-state index contributed by atoms with van der Waals surface area (Å²) in [5.74, 6) is 0. The van der Waals surface area contributed by atoms with Crippen LogP contribution in [0.3, 0.4) is 0 Å². The minimum Gasteiger partial charge on any atom is -0.318 e. The fourth-order valence-electron chi connectivity index (χ4n) is 1.90. The third-order valence-corrected chi connectivity index (χ3v) is 3.22. The Kier molecular flexibility index (Phi) is 4.02. The molecule has 0 amide bonds. The lowest BCUT2D eigenvalue weighted by Crippen LogP contribution is -2.41. The van der Waals surface area contributed by atoms with Gasteiger partial charge in [-0.25, -0.2) is 0 Å². The Balaban J connectivity index is 2.04. The second-order valence-electron chi connectivity index (χ2n) is 3.99. The molecular formula is C10H22N2. The third-order valence-electron chi connectivity index (χ3n) is 3.22. The van der Waals surface area contributed by atoms with Gasteiger partial charge in [-0.2, -0.15) is 0 Å². The first-order valence-corrected chi connectivity index (χ1v) is 5.18. The first-order chi connectivity index (χ1) is 5.83. The Bertz CT molecular complexity index is 113. The predicted octanol–water partition coefficient (Wildman–Crippen LogP) is 1.38. The Morgan fingerprint density at radius 2 is 2.00 bits per heavy atom. The van der Waals surface area contributed by atoms with Crippen molar-refractivity contribution < 1.29 is 0 Å². The first kappa shape index (κ1) is 10.0. The summed E-state index contributed by atoms with van der Waals surface area (Å²) in [5, 5.41) is 6.66. The minimum absolute atomic E-state index is 0.674. The summed E-state index contributed by atoms with van der Waals surface area (Å²) >= 11 is 0. The van der Waals surface area contributed by atoms with Crippen LogP contribution in [0.4, 0.5) is 0 Å². The van der Waals surface area contributed by atoms with Gasteiger partial charge in [-0.15, -0.1) is 0 Å². The number of hydrogen-bond donors (Lipinski definition) is 2. The quantitative estimate of drug-likeness (QED) is 0.588.